The van der Waals surface area contributed by atoms with Crippen LogP contribution < -0.4 is 15.4 Å². The van der Waals surface area contributed by atoms with Gasteiger partial charge in [-0.3, -0.25) is 4.79 Å². The van der Waals surface area contributed by atoms with E-state index >= 15 is 0 Å². The molecule has 1 saturated heterocycles. The number of piperidine rings is 1. The van der Waals surface area contributed by atoms with Gasteiger partial charge in [0.25, 0.3) is 0 Å². The number of carbonyl (C=O) groups excluding carboxylic acids is 1. The molecule has 2 aromatic carbocycles. The Morgan fingerprint density at radius 3 is 2.87 bits per heavy atom. The Bertz CT molecular complexity index is 679. The lowest BCUT2D eigenvalue weighted by Crippen LogP contribution is -2.37. The Hall–Kier alpha value is -2.33. The van der Waals surface area contributed by atoms with Crippen molar-refractivity contribution < 1.29 is 9.53 Å². The van der Waals surface area contributed by atoms with Gasteiger partial charge >= 0.3 is 0 Å². The molecule has 0 bridgehead atoms. The number of anilines is 1. The quantitative estimate of drug-likeness (QED) is 0.911. The van der Waals surface area contributed by atoms with E-state index in [0.29, 0.717) is 0 Å². The summed E-state index contributed by atoms with van der Waals surface area (Å²) in [5.74, 6) is 0.973. The summed E-state index contributed by atoms with van der Waals surface area (Å²) in [5.41, 5.74) is 2.87. The summed E-state index contributed by atoms with van der Waals surface area (Å²) in [6, 6.07) is 15.8. The van der Waals surface area contributed by atoms with Crippen LogP contribution >= 0.6 is 0 Å². The second kappa shape index (κ2) is 7.29. The van der Waals surface area contributed by atoms with Gasteiger partial charge < -0.3 is 15.4 Å². The summed E-state index contributed by atoms with van der Waals surface area (Å²) < 4.78 is 5.42. The lowest BCUT2D eigenvalue weighted by molar-refractivity contribution is -0.120. The second-order valence-electron chi connectivity index (χ2n) is 5.81. The molecule has 0 spiro atoms. The van der Waals surface area contributed by atoms with Crippen molar-refractivity contribution in [3.05, 3.63) is 48.5 Å². The number of benzene rings is 2. The third-order valence-electron chi connectivity index (χ3n) is 4.22. The third kappa shape index (κ3) is 3.71. The molecule has 2 aromatic rings. The van der Waals surface area contributed by atoms with Crippen molar-refractivity contribution in [3.63, 3.8) is 0 Å². The summed E-state index contributed by atoms with van der Waals surface area (Å²) >= 11 is 0. The monoisotopic (exact) mass is 310 g/mol. The molecular formula is C19H22N2O2. The molecule has 0 saturated carbocycles. The first-order chi connectivity index (χ1) is 11.3. The van der Waals surface area contributed by atoms with E-state index in [4.69, 9.17) is 4.74 Å². The maximum Gasteiger partial charge on any atom is 0.228 e. The molecule has 1 aliphatic rings. The molecule has 2 N–H and O–H groups in total. The molecule has 4 nitrogen and oxygen atoms in total. The van der Waals surface area contributed by atoms with Gasteiger partial charge in [0.1, 0.15) is 5.75 Å². The minimum absolute atomic E-state index is 0.0543. The van der Waals surface area contributed by atoms with Crippen LogP contribution in [0.4, 0.5) is 5.69 Å². The van der Waals surface area contributed by atoms with E-state index in [1.807, 2.05) is 48.5 Å². The smallest absolute Gasteiger partial charge is 0.228 e. The Labute approximate surface area is 136 Å². The highest BCUT2D eigenvalue weighted by atomic mass is 16.5. The van der Waals surface area contributed by atoms with Crippen molar-refractivity contribution in [2.45, 2.75) is 12.8 Å². The second-order valence-corrected chi connectivity index (χ2v) is 5.81. The number of hydrogen-bond donors (Lipinski definition) is 2. The van der Waals surface area contributed by atoms with E-state index in [2.05, 4.69) is 10.6 Å². The van der Waals surface area contributed by atoms with Gasteiger partial charge in [-0.1, -0.05) is 30.3 Å². The number of ether oxygens (including phenoxy) is 1. The van der Waals surface area contributed by atoms with Crippen molar-refractivity contribution in [2.75, 3.05) is 25.5 Å². The van der Waals surface area contributed by atoms with E-state index in [1.165, 1.54) is 0 Å². The summed E-state index contributed by atoms with van der Waals surface area (Å²) in [6.07, 6.45) is 2.00. The standard InChI is InChI=1S/C19H22N2O2/c1-23-18-10-3-2-9-17(18)14-6-4-8-16(12-14)21-19(22)15-7-5-11-20-13-15/h2-4,6,8-10,12,15,20H,5,7,11,13H2,1H3,(H,21,22). The summed E-state index contributed by atoms with van der Waals surface area (Å²) in [7, 11) is 1.67. The maximum absolute atomic E-state index is 12.4. The average Bonchev–Trinajstić information content (AvgIpc) is 2.62. The van der Waals surface area contributed by atoms with Gasteiger partial charge in [-0.25, -0.2) is 0 Å². The van der Waals surface area contributed by atoms with E-state index in [-0.39, 0.29) is 11.8 Å². The Morgan fingerprint density at radius 2 is 2.09 bits per heavy atom. The van der Waals surface area contributed by atoms with Crippen LogP contribution in [0.2, 0.25) is 0 Å². The summed E-state index contributed by atoms with van der Waals surface area (Å²) in [5, 5.41) is 6.32. The van der Waals surface area contributed by atoms with Gasteiger partial charge in [-0.15, -0.1) is 0 Å². The maximum atomic E-state index is 12.4. The molecule has 0 aromatic heterocycles. The fourth-order valence-electron chi connectivity index (χ4n) is 2.97. The van der Waals surface area contributed by atoms with Gasteiger partial charge in [0, 0.05) is 17.8 Å². The van der Waals surface area contributed by atoms with E-state index in [1.54, 1.807) is 7.11 Å². The summed E-state index contributed by atoms with van der Waals surface area (Å²) in [6.45, 7) is 1.77. The molecule has 0 aliphatic carbocycles. The molecule has 4 heteroatoms. The molecule has 120 valence electrons. The third-order valence-corrected chi connectivity index (χ3v) is 4.22. The van der Waals surface area contributed by atoms with Crippen LogP contribution in [-0.4, -0.2) is 26.1 Å². The zero-order chi connectivity index (χ0) is 16.1. The lowest BCUT2D eigenvalue weighted by Gasteiger charge is -2.22. The molecule has 3 rings (SSSR count). The van der Waals surface area contributed by atoms with Gasteiger partial charge in [0.2, 0.25) is 5.91 Å². The number of hydrogen-bond acceptors (Lipinski definition) is 3. The minimum Gasteiger partial charge on any atom is -0.496 e. The van der Waals surface area contributed by atoms with Crippen LogP contribution in [0.1, 0.15) is 12.8 Å². The predicted molar refractivity (Wildman–Crippen MR) is 92.7 cm³/mol. The molecule has 1 heterocycles. The molecule has 1 amide bonds. The number of para-hydroxylation sites is 1. The highest BCUT2D eigenvalue weighted by Crippen LogP contribution is 2.31. The predicted octanol–water partition coefficient (Wildman–Crippen LogP) is 3.30. The lowest BCUT2D eigenvalue weighted by atomic mass is 9.98. The highest BCUT2D eigenvalue weighted by Gasteiger charge is 2.20. The first-order valence-electron chi connectivity index (χ1n) is 8.03. The molecule has 1 atom stereocenters. The van der Waals surface area contributed by atoms with Crippen molar-refractivity contribution in [1.29, 1.82) is 0 Å². The Balaban J connectivity index is 1.78. The molecule has 23 heavy (non-hydrogen) atoms. The fraction of sp³-hybridized carbons (Fsp3) is 0.316. The van der Waals surface area contributed by atoms with Crippen molar-refractivity contribution in [3.8, 4) is 16.9 Å². The first-order valence-corrected chi connectivity index (χ1v) is 8.03. The normalized spacial score (nSPS) is 17.5. The number of rotatable bonds is 4. The minimum atomic E-state index is 0.0543. The number of methoxy groups -OCH3 is 1. The van der Waals surface area contributed by atoms with E-state index in [0.717, 1.165) is 48.5 Å². The molecule has 1 unspecified atom stereocenters. The van der Waals surface area contributed by atoms with Crippen LogP contribution in [0.3, 0.4) is 0 Å². The topological polar surface area (TPSA) is 50.4 Å². The van der Waals surface area contributed by atoms with Crippen molar-refractivity contribution in [1.82, 2.24) is 5.32 Å². The van der Waals surface area contributed by atoms with Crippen LogP contribution in [0.15, 0.2) is 48.5 Å². The van der Waals surface area contributed by atoms with Crippen LogP contribution in [0.25, 0.3) is 11.1 Å². The van der Waals surface area contributed by atoms with Gasteiger partial charge in [-0.2, -0.15) is 0 Å². The van der Waals surface area contributed by atoms with Crippen LogP contribution in [0, 0.1) is 5.92 Å². The van der Waals surface area contributed by atoms with E-state index < -0.39 is 0 Å². The largest absolute Gasteiger partial charge is 0.496 e. The first kappa shape index (κ1) is 15.6. The zero-order valence-corrected chi connectivity index (χ0v) is 13.3. The Morgan fingerprint density at radius 1 is 1.22 bits per heavy atom. The van der Waals surface area contributed by atoms with Crippen molar-refractivity contribution >= 4 is 11.6 Å². The van der Waals surface area contributed by atoms with Crippen LogP contribution in [0.5, 0.6) is 5.75 Å². The fourth-order valence-corrected chi connectivity index (χ4v) is 2.97. The molecule has 0 radical (unpaired) electrons. The van der Waals surface area contributed by atoms with Gasteiger partial charge in [0.15, 0.2) is 0 Å². The SMILES string of the molecule is COc1ccccc1-c1cccc(NC(=O)C2CCCNC2)c1. The Kier molecular flexibility index (Phi) is 4.93. The number of carbonyl (C=O) groups is 1. The number of amides is 1. The average molecular weight is 310 g/mol. The van der Waals surface area contributed by atoms with Crippen molar-refractivity contribution in [2.24, 2.45) is 5.92 Å². The van der Waals surface area contributed by atoms with Crippen LogP contribution in [-0.2, 0) is 4.79 Å². The van der Waals surface area contributed by atoms with Gasteiger partial charge in [-0.05, 0) is 43.1 Å². The summed E-state index contributed by atoms with van der Waals surface area (Å²) in [4.78, 5) is 12.4. The molecule has 1 aliphatic heterocycles. The number of nitrogens with one attached hydrogen (secondary N) is 2. The zero-order valence-electron chi connectivity index (χ0n) is 13.3. The molecule has 1 fully saturated rings. The van der Waals surface area contributed by atoms with E-state index in [9.17, 15) is 4.79 Å². The highest BCUT2D eigenvalue weighted by molar-refractivity contribution is 5.93. The molecular weight excluding hydrogens is 288 g/mol. The van der Waals surface area contributed by atoms with Gasteiger partial charge in [0.05, 0.1) is 13.0 Å².